The topological polar surface area (TPSA) is 63.6 Å². The van der Waals surface area contributed by atoms with Crippen LogP contribution in [0, 0.1) is 10.8 Å². The van der Waals surface area contributed by atoms with Gasteiger partial charge in [0.25, 0.3) is 0 Å². The predicted molar refractivity (Wildman–Crippen MR) is 154 cm³/mol. The van der Waals surface area contributed by atoms with E-state index >= 15 is 0 Å². The molecule has 0 heterocycles. The molecule has 0 bridgehead atoms. The average molecular weight is 593 g/mol. The number of rotatable bonds is 7. The van der Waals surface area contributed by atoms with Crippen LogP contribution in [0.3, 0.4) is 0 Å². The summed E-state index contributed by atoms with van der Waals surface area (Å²) in [6.07, 6.45) is -0.415. The molecule has 4 nitrogen and oxygen atoms in total. The van der Waals surface area contributed by atoms with Gasteiger partial charge in [0.2, 0.25) is 11.8 Å². The van der Waals surface area contributed by atoms with E-state index in [9.17, 15) is 32.3 Å². The van der Waals surface area contributed by atoms with Gasteiger partial charge in [0.05, 0.1) is 17.4 Å². The van der Waals surface area contributed by atoms with Gasteiger partial charge in [-0.05, 0) is 32.6 Å². The van der Waals surface area contributed by atoms with Crippen LogP contribution in [0.4, 0.5) is 17.6 Å². The molecule has 0 amide bonds. The SMILES string of the molecule is C.C.CC(C)(C)SCC1(C(=O)O)CCC(F)(F)CC1.CCOC(=O)C1(CSC(C)(C)C)CCC(F)(F)CC1. The molecule has 0 aromatic rings. The van der Waals surface area contributed by atoms with Crippen molar-refractivity contribution in [3.05, 3.63) is 0 Å². The molecule has 0 unspecified atom stereocenters. The van der Waals surface area contributed by atoms with Crippen LogP contribution in [-0.2, 0) is 14.3 Å². The Balaban J connectivity index is 0. The molecule has 2 aliphatic rings. The highest BCUT2D eigenvalue weighted by molar-refractivity contribution is 8.00. The molecular weight excluding hydrogens is 540 g/mol. The smallest absolute Gasteiger partial charge is 0.312 e. The second-order valence-corrected chi connectivity index (χ2v) is 15.7. The van der Waals surface area contributed by atoms with E-state index in [1.165, 1.54) is 0 Å². The van der Waals surface area contributed by atoms with Crippen LogP contribution in [0.5, 0.6) is 0 Å². The fourth-order valence-electron chi connectivity index (χ4n) is 4.01. The van der Waals surface area contributed by atoms with Crippen molar-refractivity contribution < 1.29 is 37.0 Å². The number of esters is 1. The number of carboxylic acids is 1. The van der Waals surface area contributed by atoms with Gasteiger partial charge in [-0.15, -0.1) is 0 Å². The Kier molecular flexibility index (Phi) is 15.4. The van der Waals surface area contributed by atoms with E-state index in [-0.39, 0.29) is 81.7 Å². The summed E-state index contributed by atoms with van der Waals surface area (Å²) >= 11 is 3.19. The Morgan fingerprint density at radius 2 is 1.03 bits per heavy atom. The lowest BCUT2D eigenvalue weighted by Crippen LogP contribution is -2.42. The van der Waals surface area contributed by atoms with E-state index in [2.05, 4.69) is 20.8 Å². The highest BCUT2D eigenvalue weighted by Gasteiger charge is 2.49. The summed E-state index contributed by atoms with van der Waals surface area (Å²) in [5, 5.41) is 9.30. The number of halogens is 4. The fourth-order valence-corrected chi connectivity index (χ4v) is 6.25. The summed E-state index contributed by atoms with van der Waals surface area (Å²) in [7, 11) is 0. The number of hydrogen-bond acceptors (Lipinski definition) is 5. The predicted octanol–water partition coefficient (Wildman–Crippen LogP) is 9.35. The zero-order valence-electron chi connectivity index (χ0n) is 22.8. The van der Waals surface area contributed by atoms with Crippen LogP contribution < -0.4 is 0 Å². The first-order chi connectivity index (χ1) is 16.2. The third-order valence-electron chi connectivity index (χ3n) is 6.60. The molecular formula is C28H52F4O4S2. The van der Waals surface area contributed by atoms with Crippen molar-refractivity contribution in [1.82, 2.24) is 0 Å². The van der Waals surface area contributed by atoms with Crippen LogP contribution in [0.2, 0.25) is 0 Å². The number of carbonyl (C=O) groups excluding carboxylic acids is 1. The maximum absolute atomic E-state index is 13.3. The summed E-state index contributed by atoms with van der Waals surface area (Å²) in [5.41, 5.74) is -1.69. The summed E-state index contributed by atoms with van der Waals surface area (Å²) in [4.78, 5) is 23.5. The molecule has 0 saturated heterocycles. The number of alkyl halides is 4. The molecule has 228 valence electrons. The maximum Gasteiger partial charge on any atom is 0.312 e. The molecule has 1 N–H and O–H groups in total. The molecule has 0 atom stereocenters. The molecule has 2 saturated carbocycles. The first-order valence-corrected chi connectivity index (χ1v) is 14.6. The van der Waals surface area contributed by atoms with Crippen LogP contribution in [-0.4, -0.2) is 56.5 Å². The molecule has 0 spiro atoms. The van der Waals surface area contributed by atoms with E-state index in [1.54, 1.807) is 30.4 Å². The third-order valence-corrected chi connectivity index (χ3v) is 9.73. The minimum atomic E-state index is -2.68. The van der Waals surface area contributed by atoms with Crippen molar-refractivity contribution in [3.8, 4) is 0 Å². The normalized spacial score (nSPS) is 21.4. The lowest BCUT2D eigenvalue weighted by molar-refractivity contribution is -0.161. The van der Waals surface area contributed by atoms with E-state index in [4.69, 9.17) is 4.74 Å². The van der Waals surface area contributed by atoms with Gasteiger partial charge in [0, 0.05) is 46.7 Å². The van der Waals surface area contributed by atoms with E-state index in [1.807, 2.05) is 20.8 Å². The van der Waals surface area contributed by atoms with Gasteiger partial charge in [0.1, 0.15) is 0 Å². The summed E-state index contributed by atoms with van der Waals surface area (Å²) < 4.78 is 57.9. The third kappa shape index (κ3) is 13.1. The standard InChI is InChI=1S/C14H24F2O2S.C12H20F2O2S.2CH4/c1-5-18-11(17)13(10-19-12(2,3)4)6-8-14(15,16)9-7-13;1-10(2,3)17-8-11(9(15)16)4-6-12(13,14)7-5-11;;/h5-10H2,1-4H3;4-8H2,1-3H3,(H,15,16);2*1H4. The van der Waals surface area contributed by atoms with E-state index in [0.29, 0.717) is 18.1 Å². The van der Waals surface area contributed by atoms with Gasteiger partial charge in [-0.25, -0.2) is 17.6 Å². The van der Waals surface area contributed by atoms with E-state index in [0.717, 1.165) is 0 Å². The van der Waals surface area contributed by atoms with Gasteiger partial charge < -0.3 is 9.84 Å². The summed E-state index contributed by atoms with van der Waals surface area (Å²) in [6, 6.07) is 0. The minimum absolute atomic E-state index is 0. The molecule has 10 heteroatoms. The second-order valence-electron chi connectivity index (χ2n) is 12.1. The molecule has 0 aromatic heterocycles. The second kappa shape index (κ2) is 14.8. The van der Waals surface area contributed by atoms with E-state index < -0.39 is 28.6 Å². The maximum atomic E-state index is 13.3. The number of hydrogen-bond donors (Lipinski definition) is 1. The molecule has 38 heavy (non-hydrogen) atoms. The van der Waals surface area contributed by atoms with Crippen LogP contribution in [0.1, 0.15) is 115 Å². The van der Waals surface area contributed by atoms with Crippen molar-refractivity contribution in [2.45, 2.75) is 136 Å². The highest BCUT2D eigenvalue weighted by atomic mass is 32.2. The molecule has 2 aliphatic carbocycles. The molecule has 2 fully saturated rings. The molecule has 0 aliphatic heterocycles. The quantitative estimate of drug-likeness (QED) is 0.235. The Morgan fingerprint density at radius 3 is 1.32 bits per heavy atom. The number of ether oxygens (including phenoxy) is 1. The Labute approximate surface area is 237 Å². The zero-order chi connectivity index (χ0) is 28.1. The van der Waals surface area contributed by atoms with Crippen molar-refractivity contribution in [2.75, 3.05) is 18.1 Å². The lowest BCUT2D eigenvalue weighted by Gasteiger charge is -2.39. The average Bonchev–Trinajstić information content (AvgIpc) is 2.72. The largest absolute Gasteiger partial charge is 0.481 e. The highest BCUT2D eigenvalue weighted by Crippen LogP contribution is 2.48. The molecule has 2 rings (SSSR count). The monoisotopic (exact) mass is 592 g/mol. The zero-order valence-corrected chi connectivity index (χ0v) is 24.4. The number of aliphatic carboxylic acids is 1. The lowest BCUT2D eigenvalue weighted by atomic mass is 9.74. The Morgan fingerprint density at radius 1 is 0.711 bits per heavy atom. The van der Waals surface area contributed by atoms with Crippen molar-refractivity contribution in [3.63, 3.8) is 0 Å². The minimum Gasteiger partial charge on any atom is -0.481 e. The Bertz CT molecular complexity index is 726. The summed E-state index contributed by atoms with van der Waals surface area (Å²) in [5.74, 6) is -5.55. The van der Waals surface area contributed by atoms with Crippen LogP contribution in [0.15, 0.2) is 0 Å². The molecule has 0 aromatic carbocycles. The number of carboxylic acid groups (broad SMARTS) is 1. The van der Waals surface area contributed by atoms with Gasteiger partial charge in [-0.3, -0.25) is 9.59 Å². The molecule has 0 radical (unpaired) electrons. The van der Waals surface area contributed by atoms with Gasteiger partial charge in [0.15, 0.2) is 0 Å². The number of thioether (sulfide) groups is 2. The van der Waals surface area contributed by atoms with Gasteiger partial charge in [-0.1, -0.05) is 56.4 Å². The van der Waals surface area contributed by atoms with Crippen LogP contribution in [0.25, 0.3) is 0 Å². The van der Waals surface area contributed by atoms with Crippen molar-refractivity contribution in [1.29, 1.82) is 0 Å². The first kappa shape index (κ1) is 39.5. The van der Waals surface area contributed by atoms with Crippen molar-refractivity contribution in [2.24, 2.45) is 10.8 Å². The number of carbonyl (C=O) groups is 2. The van der Waals surface area contributed by atoms with Crippen LogP contribution >= 0.6 is 23.5 Å². The Hall–Kier alpha value is -0.640. The van der Waals surface area contributed by atoms with Gasteiger partial charge >= 0.3 is 11.9 Å². The first-order valence-electron chi connectivity index (χ1n) is 12.6. The fraction of sp³-hybridized carbons (Fsp3) is 0.929. The summed E-state index contributed by atoms with van der Waals surface area (Å²) in [6.45, 7) is 14.3. The van der Waals surface area contributed by atoms with Gasteiger partial charge in [-0.2, -0.15) is 23.5 Å². The van der Waals surface area contributed by atoms with Crippen molar-refractivity contribution >= 4 is 35.5 Å².